The van der Waals surface area contributed by atoms with Crippen molar-refractivity contribution in [1.29, 1.82) is 0 Å². The van der Waals surface area contributed by atoms with Gasteiger partial charge in [0, 0.05) is 11.1 Å². The van der Waals surface area contributed by atoms with Crippen LogP contribution in [0.3, 0.4) is 0 Å². The third kappa shape index (κ3) is 3.74. The van der Waals surface area contributed by atoms with E-state index in [0.717, 1.165) is 19.3 Å². The number of anilines is 1. The molecule has 3 aromatic rings. The molecule has 0 amide bonds. The van der Waals surface area contributed by atoms with Gasteiger partial charge < -0.3 is 5.32 Å². The molecule has 1 nitrogen and oxygen atoms in total. The molecule has 0 heterocycles. The summed E-state index contributed by atoms with van der Waals surface area (Å²) in [6.45, 7) is 11.5. The average molecular weight is 360 g/mol. The van der Waals surface area contributed by atoms with Gasteiger partial charge in [-0.2, -0.15) is 0 Å². The van der Waals surface area contributed by atoms with Crippen molar-refractivity contribution in [3.8, 4) is 0 Å². The first-order chi connectivity index (χ1) is 13.0. The number of hydrogen-bond acceptors (Lipinski definition) is 1. The molecule has 0 bridgehead atoms. The fourth-order valence-corrected chi connectivity index (χ4v) is 3.94. The largest absolute Gasteiger partial charge is 0.375 e. The first-order valence-corrected chi connectivity index (χ1v) is 10.3. The standard InChI is InChI=1S/C26H33N/c1-6-25(4,5)21-16-18-22(19-17-21)26(7-2,8-3)27-24-15-11-13-20-12-9-10-14-23(20)24/h9-19,27H,6-8H2,1-5H3. The number of nitrogens with one attached hydrogen (secondary N) is 1. The van der Waals surface area contributed by atoms with E-state index < -0.39 is 0 Å². The second kappa shape index (κ2) is 7.76. The highest BCUT2D eigenvalue weighted by molar-refractivity contribution is 5.94. The van der Waals surface area contributed by atoms with Gasteiger partial charge in [-0.3, -0.25) is 0 Å². The Kier molecular flexibility index (Phi) is 5.60. The fourth-order valence-electron chi connectivity index (χ4n) is 3.94. The number of benzene rings is 3. The van der Waals surface area contributed by atoms with E-state index in [9.17, 15) is 0 Å². The van der Waals surface area contributed by atoms with Crippen molar-refractivity contribution in [3.63, 3.8) is 0 Å². The van der Waals surface area contributed by atoms with Crippen LogP contribution in [-0.2, 0) is 11.0 Å². The van der Waals surface area contributed by atoms with Gasteiger partial charge >= 0.3 is 0 Å². The molecule has 3 rings (SSSR count). The minimum Gasteiger partial charge on any atom is -0.375 e. The molecular formula is C26H33N. The molecule has 0 unspecified atom stereocenters. The van der Waals surface area contributed by atoms with Gasteiger partial charge in [0.05, 0.1) is 5.54 Å². The predicted octanol–water partition coefficient (Wildman–Crippen LogP) is 7.65. The molecule has 1 heteroatoms. The third-order valence-corrected chi connectivity index (χ3v) is 6.47. The van der Waals surface area contributed by atoms with Crippen molar-refractivity contribution >= 4 is 16.5 Å². The minimum atomic E-state index is -0.0565. The van der Waals surface area contributed by atoms with Gasteiger partial charge in [-0.05, 0) is 47.3 Å². The molecule has 0 radical (unpaired) electrons. The van der Waals surface area contributed by atoms with E-state index in [-0.39, 0.29) is 11.0 Å². The van der Waals surface area contributed by atoms with Crippen LogP contribution in [0.2, 0.25) is 0 Å². The Labute approximate surface area is 164 Å². The Balaban J connectivity index is 2.01. The molecule has 1 N–H and O–H groups in total. The van der Waals surface area contributed by atoms with Gasteiger partial charge in [0.1, 0.15) is 0 Å². The van der Waals surface area contributed by atoms with E-state index in [4.69, 9.17) is 0 Å². The zero-order valence-corrected chi connectivity index (χ0v) is 17.5. The highest BCUT2D eigenvalue weighted by Crippen LogP contribution is 2.37. The summed E-state index contributed by atoms with van der Waals surface area (Å²) < 4.78 is 0. The second-order valence-corrected chi connectivity index (χ2v) is 8.26. The van der Waals surface area contributed by atoms with Crippen LogP contribution in [-0.4, -0.2) is 0 Å². The Morgan fingerprint density at radius 2 is 1.26 bits per heavy atom. The first-order valence-electron chi connectivity index (χ1n) is 10.3. The number of fused-ring (bicyclic) bond motifs is 1. The quantitative estimate of drug-likeness (QED) is 0.456. The predicted molar refractivity (Wildman–Crippen MR) is 120 cm³/mol. The molecule has 0 fully saturated rings. The van der Waals surface area contributed by atoms with Crippen LogP contribution < -0.4 is 5.32 Å². The van der Waals surface area contributed by atoms with Crippen molar-refractivity contribution < 1.29 is 0 Å². The van der Waals surface area contributed by atoms with E-state index in [0.29, 0.717) is 0 Å². The number of rotatable bonds is 7. The lowest BCUT2D eigenvalue weighted by Crippen LogP contribution is -2.34. The highest BCUT2D eigenvalue weighted by atomic mass is 15.0. The summed E-state index contributed by atoms with van der Waals surface area (Å²) in [7, 11) is 0. The SMILES string of the molecule is CCC(C)(C)c1ccc(C(CC)(CC)Nc2cccc3ccccc23)cc1. The summed E-state index contributed by atoms with van der Waals surface area (Å²) in [5.74, 6) is 0. The zero-order valence-electron chi connectivity index (χ0n) is 17.5. The molecule has 0 atom stereocenters. The lowest BCUT2D eigenvalue weighted by atomic mass is 9.79. The van der Waals surface area contributed by atoms with Crippen molar-refractivity contribution in [2.45, 2.75) is 64.8 Å². The molecular weight excluding hydrogens is 326 g/mol. The summed E-state index contributed by atoms with van der Waals surface area (Å²) in [5.41, 5.74) is 4.17. The van der Waals surface area contributed by atoms with Crippen molar-refractivity contribution in [1.82, 2.24) is 0 Å². The molecule has 0 saturated heterocycles. The fraction of sp³-hybridized carbons (Fsp3) is 0.385. The van der Waals surface area contributed by atoms with Crippen LogP contribution in [0, 0.1) is 0 Å². The maximum Gasteiger partial charge on any atom is 0.0620 e. The molecule has 0 spiro atoms. The lowest BCUT2D eigenvalue weighted by Gasteiger charge is -2.36. The van der Waals surface area contributed by atoms with Crippen molar-refractivity contribution in [3.05, 3.63) is 77.9 Å². The van der Waals surface area contributed by atoms with E-state index in [1.165, 1.54) is 27.6 Å². The van der Waals surface area contributed by atoms with Crippen LogP contribution in [0.25, 0.3) is 10.8 Å². The lowest BCUT2D eigenvalue weighted by molar-refractivity contribution is 0.453. The van der Waals surface area contributed by atoms with Crippen LogP contribution in [0.4, 0.5) is 5.69 Å². The third-order valence-electron chi connectivity index (χ3n) is 6.47. The molecule has 0 aliphatic rings. The topological polar surface area (TPSA) is 12.0 Å². The molecule has 27 heavy (non-hydrogen) atoms. The average Bonchev–Trinajstić information content (AvgIpc) is 2.72. The summed E-state index contributed by atoms with van der Waals surface area (Å²) in [6.07, 6.45) is 3.24. The first kappa shape index (κ1) is 19.5. The van der Waals surface area contributed by atoms with Gasteiger partial charge in [0.15, 0.2) is 0 Å². The van der Waals surface area contributed by atoms with Crippen LogP contribution in [0.5, 0.6) is 0 Å². The smallest absolute Gasteiger partial charge is 0.0620 e. The van der Waals surface area contributed by atoms with Crippen LogP contribution >= 0.6 is 0 Å². The summed E-state index contributed by atoms with van der Waals surface area (Å²) in [5, 5.41) is 6.49. The van der Waals surface area contributed by atoms with Crippen molar-refractivity contribution in [2.24, 2.45) is 0 Å². The second-order valence-electron chi connectivity index (χ2n) is 8.26. The van der Waals surface area contributed by atoms with Gasteiger partial charge in [-0.15, -0.1) is 0 Å². The molecule has 142 valence electrons. The van der Waals surface area contributed by atoms with Gasteiger partial charge in [-0.1, -0.05) is 95.3 Å². The Hall–Kier alpha value is -2.28. The minimum absolute atomic E-state index is 0.0565. The highest BCUT2D eigenvalue weighted by Gasteiger charge is 2.29. The normalized spacial score (nSPS) is 12.3. The molecule has 0 aromatic heterocycles. The summed E-state index contributed by atoms with van der Waals surface area (Å²) in [4.78, 5) is 0. The molecule has 3 aromatic carbocycles. The molecule has 0 aliphatic heterocycles. The van der Waals surface area contributed by atoms with Crippen LogP contribution in [0.15, 0.2) is 66.7 Å². The maximum atomic E-state index is 3.92. The van der Waals surface area contributed by atoms with Crippen LogP contribution in [0.1, 0.15) is 65.0 Å². The maximum absolute atomic E-state index is 3.92. The van der Waals surface area contributed by atoms with Gasteiger partial charge in [0.2, 0.25) is 0 Å². The van der Waals surface area contributed by atoms with E-state index in [1.54, 1.807) is 0 Å². The summed E-state index contributed by atoms with van der Waals surface area (Å²) >= 11 is 0. The molecule has 0 saturated carbocycles. The Bertz CT molecular complexity index is 880. The van der Waals surface area contributed by atoms with Gasteiger partial charge in [0.25, 0.3) is 0 Å². The van der Waals surface area contributed by atoms with E-state index in [2.05, 4.69) is 107 Å². The monoisotopic (exact) mass is 359 g/mol. The van der Waals surface area contributed by atoms with E-state index >= 15 is 0 Å². The summed E-state index contributed by atoms with van der Waals surface area (Å²) in [6, 6.07) is 24.5. The molecule has 0 aliphatic carbocycles. The Morgan fingerprint density at radius 1 is 0.667 bits per heavy atom. The number of hydrogen-bond donors (Lipinski definition) is 1. The van der Waals surface area contributed by atoms with Gasteiger partial charge in [-0.25, -0.2) is 0 Å². The van der Waals surface area contributed by atoms with E-state index in [1.807, 2.05) is 0 Å². The van der Waals surface area contributed by atoms with Crippen molar-refractivity contribution in [2.75, 3.05) is 5.32 Å². The Morgan fingerprint density at radius 3 is 1.89 bits per heavy atom. The zero-order chi connectivity index (χ0) is 19.5.